The molecule has 1 aliphatic heterocycles. The monoisotopic (exact) mass is 444 g/mol. The first-order valence-corrected chi connectivity index (χ1v) is 11.8. The fourth-order valence-electron chi connectivity index (χ4n) is 3.31. The lowest BCUT2D eigenvalue weighted by atomic mass is 10.2. The van der Waals surface area contributed by atoms with Crippen molar-refractivity contribution in [3.05, 3.63) is 41.8 Å². The topological polar surface area (TPSA) is 78.3 Å². The smallest absolute Gasteiger partial charge is 0.234 e. The molecule has 2 aromatic heterocycles. The Labute approximate surface area is 183 Å². The van der Waals surface area contributed by atoms with E-state index in [1.54, 1.807) is 11.3 Å². The minimum Gasteiger partial charge on any atom is -0.492 e. The number of aromatic nitrogens is 3. The molecule has 1 aliphatic rings. The molecular weight excluding hydrogens is 420 g/mol. The third-order valence-electron chi connectivity index (χ3n) is 4.66. The highest BCUT2D eigenvalue weighted by atomic mass is 32.2. The van der Waals surface area contributed by atoms with Gasteiger partial charge in [0, 0.05) is 6.61 Å². The lowest BCUT2D eigenvalue weighted by Crippen LogP contribution is -2.18. The molecular formula is C21H24N4O3S2. The number of rotatable bonds is 9. The lowest BCUT2D eigenvalue weighted by molar-refractivity contribution is -0.113. The largest absolute Gasteiger partial charge is 0.492 e. The molecule has 158 valence electrons. The van der Waals surface area contributed by atoms with Crippen LogP contribution in [0, 0.1) is 0 Å². The van der Waals surface area contributed by atoms with E-state index in [9.17, 15) is 4.79 Å². The van der Waals surface area contributed by atoms with Crippen LogP contribution in [0.3, 0.4) is 0 Å². The number of para-hydroxylation sites is 2. The van der Waals surface area contributed by atoms with E-state index < -0.39 is 0 Å². The van der Waals surface area contributed by atoms with Crippen molar-refractivity contribution >= 4 is 34.7 Å². The Hall–Kier alpha value is -2.36. The fraction of sp³-hybridized carbons (Fsp3) is 0.381. The van der Waals surface area contributed by atoms with Gasteiger partial charge in [0.15, 0.2) is 11.0 Å². The van der Waals surface area contributed by atoms with Gasteiger partial charge in [-0.05, 0) is 43.3 Å². The summed E-state index contributed by atoms with van der Waals surface area (Å²) >= 11 is 3.01. The van der Waals surface area contributed by atoms with Gasteiger partial charge in [-0.25, -0.2) is 0 Å². The number of benzene rings is 1. The van der Waals surface area contributed by atoms with E-state index >= 15 is 0 Å². The molecule has 3 aromatic rings. The predicted molar refractivity (Wildman–Crippen MR) is 119 cm³/mol. The number of carbonyl (C=O) groups is 1. The molecule has 0 bridgehead atoms. The molecule has 4 rings (SSSR count). The highest BCUT2D eigenvalue weighted by molar-refractivity contribution is 7.99. The van der Waals surface area contributed by atoms with Crippen LogP contribution in [0.1, 0.15) is 19.8 Å². The first-order valence-electron chi connectivity index (χ1n) is 9.97. The zero-order valence-corrected chi connectivity index (χ0v) is 18.4. The zero-order chi connectivity index (χ0) is 20.8. The molecule has 1 saturated heterocycles. The minimum absolute atomic E-state index is 0.114. The number of hydrogen-bond acceptors (Lipinski definition) is 7. The standard InChI is InChI=1S/C21H24N4O3S2/c1-2-27-17-9-4-3-8-16(17)22-19(26)14-30-21-24-23-20(18-10-6-12-29-18)25(21)13-15-7-5-11-28-15/h3-4,6,8-10,12,15H,2,5,7,11,13-14H2,1H3,(H,22,26). The maximum atomic E-state index is 12.6. The quantitative estimate of drug-likeness (QED) is 0.496. The summed E-state index contributed by atoms with van der Waals surface area (Å²) in [7, 11) is 0. The second kappa shape index (κ2) is 10.1. The van der Waals surface area contributed by atoms with Crippen LogP contribution in [0.5, 0.6) is 5.75 Å². The molecule has 1 unspecified atom stereocenters. The van der Waals surface area contributed by atoms with Crippen LogP contribution in [-0.4, -0.2) is 45.7 Å². The van der Waals surface area contributed by atoms with Crippen molar-refractivity contribution in [2.45, 2.75) is 37.6 Å². The van der Waals surface area contributed by atoms with E-state index in [1.165, 1.54) is 11.8 Å². The fourth-order valence-corrected chi connectivity index (χ4v) is 4.77. The molecule has 0 saturated carbocycles. The molecule has 3 heterocycles. The Morgan fingerprint density at radius 1 is 1.33 bits per heavy atom. The molecule has 1 fully saturated rings. The summed E-state index contributed by atoms with van der Waals surface area (Å²) in [5.74, 6) is 1.61. The van der Waals surface area contributed by atoms with Crippen LogP contribution < -0.4 is 10.1 Å². The van der Waals surface area contributed by atoms with E-state index in [0.29, 0.717) is 24.6 Å². The van der Waals surface area contributed by atoms with Crippen molar-refractivity contribution in [2.24, 2.45) is 0 Å². The second-order valence-corrected chi connectivity index (χ2v) is 8.69. The number of hydrogen-bond donors (Lipinski definition) is 1. The Morgan fingerprint density at radius 3 is 3.00 bits per heavy atom. The normalized spacial score (nSPS) is 16.0. The number of ether oxygens (including phenoxy) is 2. The summed E-state index contributed by atoms with van der Waals surface area (Å²) < 4.78 is 13.5. The Balaban J connectivity index is 1.45. The number of carbonyl (C=O) groups excluding carboxylic acids is 1. The Bertz CT molecular complexity index is 969. The van der Waals surface area contributed by atoms with Crippen molar-refractivity contribution < 1.29 is 14.3 Å². The van der Waals surface area contributed by atoms with Crippen LogP contribution in [-0.2, 0) is 16.1 Å². The summed E-state index contributed by atoms with van der Waals surface area (Å²) in [6.45, 7) is 3.95. The maximum Gasteiger partial charge on any atom is 0.234 e. The van der Waals surface area contributed by atoms with Gasteiger partial charge in [0.25, 0.3) is 0 Å². The van der Waals surface area contributed by atoms with E-state index in [1.807, 2.05) is 48.7 Å². The van der Waals surface area contributed by atoms with Gasteiger partial charge in [0.05, 0.1) is 35.6 Å². The van der Waals surface area contributed by atoms with Gasteiger partial charge in [0.1, 0.15) is 5.75 Å². The van der Waals surface area contributed by atoms with Crippen LogP contribution >= 0.6 is 23.1 Å². The van der Waals surface area contributed by atoms with Gasteiger partial charge in [-0.1, -0.05) is 30.0 Å². The number of thiophene rings is 1. The van der Waals surface area contributed by atoms with E-state index in [-0.39, 0.29) is 17.8 Å². The Morgan fingerprint density at radius 2 is 2.23 bits per heavy atom. The van der Waals surface area contributed by atoms with Crippen LogP contribution in [0.4, 0.5) is 5.69 Å². The first-order chi connectivity index (χ1) is 14.7. The van der Waals surface area contributed by atoms with Gasteiger partial charge in [-0.15, -0.1) is 21.5 Å². The van der Waals surface area contributed by atoms with E-state index in [4.69, 9.17) is 9.47 Å². The zero-order valence-electron chi connectivity index (χ0n) is 16.7. The van der Waals surface area contributed by atoms with Crippen LogP contribution in [0.2, 0.25) is 0 Å². The molecule has 1 atom stereocenters. The van der Waals surface area contributed by atoms with Gasteiger partial charge < -0.3 is 14.8 Å². The number of nitrogens with one attached hydrogen (secondary N) is 1. The summed E-state index contributed by atoms with van der Waals surface area (Å²) in [4.78, 5) is 13.6. The van der Waals surface area contributed by atoms with Gasteiger partial charge >= 0.3 is 0 Å². The summed E-state index contributed by atoms with van der Waals surface area (Å²) in [6.07, 6.45) is 2.26. The van der Waals surface area contributed by atoms with E-state index in [0.717, 1.165) is 35.3 Å². The van der Waals surface area contributed by atoms with Crippen LogP contribution in [0.15, 0.2) is 46.9 Å². The van der Waals surface area contributed by atoms with Gasteiger partial charge in [-0.3, -0.25) is 9.36 Å². The van der Waals surface area contributed by atoms with Crippen molar-refractivity contribution in [3.8, 4) is 16.5 Å². The van der Waals surface area contributed by atoms with Crippen molar-refractivity contribution in [1.29, 1.82) is 0 Å². The van der Waals surface area contributed by atoms with E-state index in [2.05, 4.69) is 20.1 Å². The number of amides is 1. The first kappa shape index (κ1) is 20.9. The van der Waals surface area contributed by atoms with Crippen molar-refractivity contribution in [1.82, 2.24) is 14.8 Å². The number of nitrogens with zero attached hydrogens (tertiary/aromatic N) is 3. The molecule has 1 amide bonds. The third kappa shape index (κ3) is 5.03. The summed E-state index contributed by atoms with van der Waals surface area (Å²) in [5, 5.41) is 14.4. The van der Waals surface area contributed by atoms with Crippen LogP contribution in [0.25, 0.3) is 10.7 Å². The molecule has 9 heteroatoms. The molecule has 1 aromatic carbocycles. The van der Waals surface area contributed by atoms with Crippen molar-refractivity contribution in [2.75, 3.05) is 24.3 Å². The van der Waals surface area contributed by atoms with Crippen molar-refractivity contribution in [3.63, 3.8) is 0 Å². The molecule has 1 N–H and O–H groups in total. The average molecular weight is 445 g/mol. The average Bonchev–Trinajstić information content (AvgIpc) is 3.51. The number of anilines is 1. The highest BCUT2D eigenvalue weighted by Gasteiger charge is 2.22. The molecule has 0 spiro atoms. The summed E-state index contributed by atoms with van der Waals surface area (Å²) in [5.41, 5.74) is 0.671. The number of thioether (sulfide) groups is 1. The lowest BCUT2D eigenvalue weighted by Gasteiger charge is -2.14. The molecule has 0 radical (unpaired) electrons. The van der Waals surface area contributed by atoms with Gasteiger partial charge in [-0.2, -0.15) is 0 Å². The molecule has 30 heavy (non-hydrogen) atoms. The predicted octanol–water partition coefficient (Wildman–Crippen LogP) is 4.32. The Kier molecular flexibility index (Phi) is 7.03. The third-order valence-corrected chi connectivity index (χ3v) is 6.49. The maximum absolute atomic E-state index is 12.6. The summed E-state index contributed by atoms with van der Waals surface area (Å²) in [6, 6.07) is 11.5. The minimum atomic E-state index is -0.114. The highest BCUT2D eigenvalue weighted by Crippen LogP contribution is 2.29. The molecule has 0 aliphatic carbocycles. The molecule has 7 nitrogen and oxygen atoms in total. The SMILES string of the molecule is CCOc1ccccc1NC(=O)CSc1nnc(-c2cccs2)n1CC1CCCO1. The second-order valence-electron chi connectivity index (χ2n) is 6.80. The van der Waals surface area contributed by atoms with Gasteiger partial charge in [0.2, 0.25) is 5.91 Å².